The molecule has 4 heterocycles. The van der Waals surface area contributed by atoms with Gasteiger partial charge in [0, 0.05) is 40.0 Å². The summed E-state index contributed by atoms with van der Waals surface area (Å²) in [5.74, 6) is -6.32. The van der Waals surface area contributed by atoms with Crippen LogP contribution in [0.25, 0.3) is 20.5 Å². The van der Waals surface area contributed by atoms with Gasteiger partial charge in [-0.3, -0.25) is 4.90 Å². The molecule has 4 aromatic rings. The van der Waals surface area contributed by atoms with E-state index in [1.165, 1.54) is 71.3 Å². The van der Waals surface area contributed by atoms with Gasteiger partial charge in [0.15, 0.2) is 0 Å². The number of carboxylic acid groups (broad SMARTS) is 4. The summed E-state index contributed by atoms with van der Waals surface area (Å²) in [6.07, 6.45) is 8.93. The molecule has 2 aromatic carbocycles. The topological polar surface area (TPSA) is 207 Å². The number of aryl methyl sites for hydroxylation is 1. The maximum absolute atomic E-state index is 10.1. The predicted molar refractivity (Wildman–Crippen MR) is 187 cm³/mol. The van der Waals surface area contributed by atoms with Crippen molar-refractivity contribution >= 4 is 45.3 Å². The van der Waals surface area contributed by atoms with Gasteiger partial charge in [0.25, 0.3) is 0 Å². The smallest absolute Gasteiger partial charge is 0.414 e. The Kier molecular flexibility index (Phi) is 13.7. The first-order valence-corrected chi connectivity index (χ1v) is 17.0. The number of aromatic nitrogens is 1. The van der Waals surface area contributed by atoms with Crippen LogP contribution in [0, 0.1) is 6.92 Å². The summed E-state index contributed by atoms with van der Waals surface area (Å²) in [5, 5.41) is 44.4. The van der Waals surface area contributed by atoms with Gasteiger partial charge in [-0.2, -0.15) is 0 Å². The van der Waals surface area contributed by atoms with Crippen LogP contribution in [0.15, 0.2) is 54.7 Å². The molecule has 266 valence electrons. The molecular formula is C36H41N3O10S. The molecule has 14 heteroatoms. The lowest BCUT2D eigenvalue weighted by Gasteiger charge is -2.17. The Morgan fingerprint density at radius 1 is 0.920 bits per heavy atom. The molecule has 6 rings (SSSR count). The molecule has 1 atom stereocenters. The maximum Gasteiger partial charge on any atom is 0.414 e. The average Bonchev–Trinajstić information content (AvgIpc) is 3.86. The highest BCUT2D eigenvalue weighted by molar-refractivity contribution is 7.22. The number of nitrogens with one attached hydrogen (secondary N) is 1. The maximum atomic E-state index is 10.1. The van der Waals surface area contributed by atoms with E-state index in [9.17, 15) is 5.11 Å². The zero-order chi connectivity index (χ0) is 36.2. The Hall–Kier alpha value is -5.05. The van der Waals surface area contributed by atoms with Crippen LogP contribution < -0.4 is 10.1 Å². The number of aromatic hydroxyl groups is 1. The predicted octanol–water partition coefficient (Wildman–Crippen LogP) is 5.00. The van der Waals surface area contributed by atoms with Crippen LogP contribution in [0.4, 0.5) is 0 Å². The molecule has 2 aliphatic heterocycles. The Morgan fingerprint density at radius 2 is 1.62 bits per heavy atom. The van der Waals surface area contributed by atoms with E-state index in [-0.39, 0.29) is 0 Å². The molecule has 2 aromatic heterocycles. The zero-order valence-electron chi connectivity index (χ0n) is 27.6. The second-order valence-electron chi connectivity index (χ2n) is 12.0. The first-order chi connectivity index (χ1) is 23.9. The van der Waals surface area contributed by atoms with Gasteiger partial charge in [-0.05, 0) is 117 Å². The number of hydrogen-bond acceptors (Lipinski definition) is 10. The van der Waals surface area contributed by atoms with E-state index in [0.717, 1.165) is 36.2 Å². The number of aliphatic carboxylic acids is 4. The second-order valence-corrected chi connectivity index (χ2v) is 13.1. The van der Waals surface area contributed by atoms with Crippen molar-refractivity contribution in [1.82, 2.24) is 15.2 Å². The van der Waals surface area contributed by atoms with Gasteiger partial charge in [-0.25, -0.2) is 24.2 Å². The van der Waals surface area contributed by atoms with Crippen LogP contribution in [0.1, 0.15) is 54.4 Å². The molecule has 0 amide bonds. The number of likely N-dealkylation sites (tertiary alicyclic amines) is 1. The van der Waals surface area contributed by atoms with Gasteiger partial charge in [-0.15, -0.1) is 11.3 Å². The Balaban J connectivity index is 0.000000404. The number of benzene rings is 2. The third-order valence-electron chi connectivity index (χ3n) is 8.40. The fraction of sp³-hybridized carbons (Fsp3) is 0.361. The highest BCUT2D eigenvalue weighted by atomic mass is 32.1. The van der Waals surface area contributed by atoms with Gasteiger partial charge in [0.05, 0.1) is 6.61 Å². The lowest BCUT2D eigenvalue weighted by atomic mass is 9.96. The highest BCUT2D eigenvalue weighted by Gasteiger charge is 2.18. The van der Waals surface area contributed by atoms with Crippen LogP contribution in [0.2, 0.25) is 0 Å². The van der Waals surface area contributed by atoms with E-state index in [0.29, 0.717) is 24.3 Å². The molecule has 0 spiro atoms. The number of phenolic OH excluding ortho intramolecular Hbond substituents is 1. The Morgan fingerprint density at radius 3 is 2.20 bits per heavy atom. The van der Waals surface area contributed by atoms with Crippen LogP contribution >= 0.6 is 11.3 Å². The average molecular weight is 708 g/mol. The van der Waals surface area contributed by atoms with Gasteiger partial charge in [0.2, 0.25) is 5.88 Å². The SMILES string of the molecule is Cc1cc(Cc2c(-c3ccc(OCCC4CCCN4)nc3)sc3cc(O)ccc23)ccc1CN1CCCC1.O=C(O)C(=O)O.O=C(O)C(=O)O. The molecule has 0 radical (unpaired) electrons. The van der Waals surface area contributed by atoms with Gasteiger partial charge in [0.1, 0.15) is 5.75 Å². The number of thiophene rings is 1. The summed E-state index contributed by atoms with van der Waals surface area (Å²) in [4.78, 5) is 44.8. The van der Waals surface area contributed by atoms with E-state index in [1.807, 2.05) is 18.3 Å². The normalized spacial score (nSPS) is 15.4. The molecule has 2 saturated heterocycles. The van der Waals surface area contributed by atoms with Crippen molar-refractivity contribution < 1.29 is 49.4 Å². The van der Waals surface area contributed by atoms with Crippen LogP contribution in [0.3, 0.4) is 0 Å². The molecule has 0 bridgehead atoms. The van der Waals surface area contributed by atoms with Crippen molar-refractivity contribution in [2.24, 2.45) is 0 Å². The number of rotatable bonds is 9. The highest BCUT2D eigenvalue weighted by Crippen LogP contribution is 2.41. The Labute approximate surface area is 292 Å². The van der Waals surface area contributed by atoms with E-state index >= 15 is 0 Å². The monoisotopic (exact) mass is 707 g/mol. The van der Waals surface area contributed by atoms with Crippen molar-refractivity contribution in [3.05, 3.63) is 77.0 Å². The zero-order valence-corrected chi connectivity index (χ0v) is 28.4. The third-order valence-corrected chi connectivity index (χ3v) is 9.64. The summed E-state index contributed by atoms with van der Waals surface area (Å²) >= 11 is 1.72. The molecule has 13 nitrogen and oxygen atoms in total. The molecule has 0 saturated carbocycles. The summed E-state index contributed by atoms with van der Waals surface area (Å²) in [6.45, 7) is 7.53. The van der Waals surface area contributed by atoms with Crippen molar-refractivity contribution in [3.8, 4) is 22.1 Å². The van der Waals surface area contributed by atoms with Crippen LogP contribution in [-0.4, -0.2) is 91.6 Å². The van der Waals surface area contributed by atoms with Crippen LogP contribution in [0.5, 0.6) is 11.6 Å². The fourth-order valence-electron chi connectivity index (χ4n) is 5.89. The van der Waals surface area contributed by atoms with E-state index in [4.69, 9.17) is 44.3 Å². The quantitative estimate of drug-likeness (QED) is 0.127. The first-order valence-electron chi connectivity index (χ1n) is 16.2. The fourth-order valence-corrected chi connectivity index (χ4v) is 7.13. The molecule has 1 unspecified atom stereocenters. The van der Waals surface area contributed by atoms with E-state index in [1.54, 1.807) is 17.4 Å². The minimum Gasteiger partial charge on any atom is -0.508 e. The number of pyridine rings is 1. The largest absolute Gasteiger partial charge is 0.508 e. The minimum atomic E-state index is -1.82. The number of nitrogens with zero attached hydrogens (tertiary/aromatic N) is 2. The summed E-state index contributed by atoms with van der Waals surface area (Å²) in [6, 6.07) is 17.4. The lowest BCUT2D eigenvalue weighted by molar-refractivity contribution is -0.159. The Bertz CT molecular complexity index is 1750. The second kappa shape index (κ2) is 18.1. The van der Waals surface area contributed by atoms with Gasteiger partial charge >= 0.3 is 23.9 Å². The third kappa shape index (κ3) is 11.0. The molecule has 2 aliphatic rings. The summed E-state index contributed by atoms with van der Waals surface area (Å²) in [5.41, 5.74) is 6.49. The summed E-state index contributed by atoms with van der Waals surface area (Å²) < 4.78 is 7.05. The lowest BCUT2D eigenvalue weighted by Crippen LogP contribution is -2.23. The molecule has 50 heavy (non-hydrogen) atoms. The molecule has 2 fully saturated rings. The standard InChI is InChI=1S/C32H37N3O2S.2C2H2O4/c1-22-17-23(6-7-25(22)21-35-14-2-3-15-35)18-29-28-10-9-27(36)19-30(28)38-32(29)24-8-11-31(34-20-24)37-16-12-26-5-4-13-33-26;2*3-1(4)2(5)6/h6-11,17,19-20,26,33,36H,2-5,12-16,18,21H2,1H3;2*(H,3,4)(H,5,6). The summed E-state index contributed by atoms with van der Waals surface area (Å²) in [7, 11) is 0. The van der Waals surface area contributed by atoms with E-state index < -0.39 is 23.9 Å². The molecule has 6 N–H and O–H groups in total. The number of hydrogen-bond donors (Lipinski definition) is 6. The minimum absolute atomic E-state index is 0.303. The number of carboxylic acids is 4. The van der Waals surface area contributed by atoms with Gasteiger partial charge in [-0.1, -0.05) is 18.2 Å². The van der Waals surface area contributed by atoms with E-state index in [2.05, 4.69) is 52.5 Å². The first kappa shape index (κ1) is 37.8. The van der Waals surface area contributed by atoms with Crippen LogP contribution in [-0.2, 0) is 32.1 Å². The van der Waals surface area contributed by atoms with Gasteiger partial charge < -0.3 is 35.6 Å². The number of fused-ring (bicyclic) bond motifs is 1. The number of carbonyl (C=O) groups is 4. The molecule has 0 aliphatic carbocycles. The van der Waals surface area contributed by atoms with Crippen molar-refractivity contribution in [1.29, 1.82) is 0 Å². The van der Waals surface area contributed by atoms with Crippen molar-refractivity contribution in [3.63, 3.8) is 0 Å². The van der Waals surface area contributed by atoms with Crippen molar-refractivity contribution in [2.45, 2.75) is 58.0 Å². The molecular weight excluding hydrogens is 666 g/mol. The number of phenols is 1. The van der Waals surface area contributed by atoms with Crippen molar-refractivity contribution in [2.75, 3.05) is 26.2 Å². The number of ether oxygens (including phenoxy) is 1.